The minimum absolute atomic E-state index is 0.0651. The predicted molar refractivity (Wildman–Crippen MR) is 148 cm³/mol. The summed E-state index contributed by atoms with van der Waals surface area (Å²) < 4.78 is 32.0. The minimum Gasteiger partial charge on any atom is -0.388 e. The number of amides is 1. The van der Waals surface area contributed by atoms with Gasteiger partial charge in [-0.15, -0.1) is 0 Å². The average Bonchev–Trinajstić information content (AvgIpc) is 3.40. The third-order valence-corrected chi connectivity index (χ3v) is 8.55. The number of hydrogen-bond donors (Lipinski definition) is 1. The van der Waals surface area contributed by atoms with Gasteiger partial charge in [0.25, 0.3) is 5.56 Å². The van der Waals surface area contributed by atoms with Crippen molar-refractivity contribution in [2.45, 2.75) is 56.1 Å². The first kappa shape index (κ1) is 26.4. The lowest BCUT2D eigenvalue weighted by Crippen LogP contribution is -2.52. The second-order valence-electron chi connectivity index (χ2n) is 11.2. The van der Waals surface area contributed by atoms with Crippen LogP contribution in [0.2, 0.25) is 0 Å². The Morgan fingerprint density at radius 2 is 1.65 bits per heavy atom. The summed E-state index contributed by atoms with van der Waals surface area (Å²) >= 11 is 0. The van der Waals surface area contributed by atoms with Crippen molar-refractivity contribution in [1.82, 2.24) is 19.0 Å². The topological polar surface area (TPSA) is 80.4 Å². The van der Waals surface area contributed by atoms with E-state index in [1.165, 1.54) is 10.9 Å². The van der Waals surface area contributed by atoms with Crippen molar-refractivity contribution >= 4 is 16.9 Å². The van der Waals surface area contributed by atoms with Crippen LogP contribution in [0.15, 0.2) is 84.0 Å². The molecule has 4 aromatic rings. The van der Waals surface area contributed by atoms with Crippen molar-refractivity contribution in [1.29, 1.82) is 0 Å². The highest BCUT2D eigenvalue weighted by Gasteiger charge is 2.46. The van der Waals surface area contributed by atoms with Gasteiger partial charge in [0, 0.05) is 49.7 Å². The Bertz CT molecular complexity index is 1560. The first-order chi connectivity index (χ1) is 19.2. The van der Waals surface area contributed by atoms with Crippen LogP contribution in [0.3, 0.4) is 0 Å². The molecule has 208 valence electrons. The maximum Gasteiger partial charge on any atom is 0.262 e. The van der Waals surface area contributed by atoms with E-state index in [0.29, 0.717) is 24.1 Å². The fourth-order valence-corrected chi connectivity index (χ4v) is 6.30. The molecule has 2 aliphatic rings. The molecule has 2 fully saturated rings. The number of para-hydroxylation sites is 1. The highest BCUT2D eigenvalue weighted by molar-refractivity contribution is 5.80. The Morgan fingerprint density at radius 1 is 0.975 bits per heavy atom. The molecule has 2 atom stereocenters. The lowest BCUT2D eigenvalue weighted by atomic mass is 9.73. The number of aromatic nitrogens is 3. The summed E-state index contributed by atoms with van der Waals surface area (Å²) in [6, 6.07) is 20.5. The number of alkyl halides is 2. The molecule has 1 N–H and O–H groups in total. The van der Waals surface area contributed by atoms with Crippen molar-refractivity contribution in [2.75, 3.05) is 13.1 Å². The molecule has 1 aliphatic carbocycles. The third-order valence-electron chi connectivity index (χ3n) is 8.55. The minimum atomic E-state index is -2.79. The summed E-state index contributed by atoms with van der Waals surface area (Å²) in [5.41, 5.74) is 0.786. The van der Waals surface area contributed by atoms with Crippen LogP contribution in [0, 0.1) is 5.92 Å². The molecule has 2 aromatic carbocycles. The van der Waals surface area contributed by atoms with Crippen LogP contribution in [0.25, 0.3) is 16.7 Å². The second-order valence-corrected chi connectivity index (χ2v) is 11.2. The maximum absolute atomic E-state index is 14.4. The molecular weight excluding hydrogens is 514 g/mol. The summed E-state index contributed by atoms with van der Waals surface area (Å²) in [5.74, 6) is -3.98. The lowest BCUT2D eigenvalue weighted by Gasteiger charge is -2.42. The Kier molecular flexibility index (Phi) is 6.78. The summed E-state index contributed by atoms with van der Waals surface area (Å²) in [6.07, 6.45) is 3.34. The maximum atomic E-state index is 14.4. The van der Waals surface area contributed by atoms with E-state index in [1.54, 1.807) is 17.2 Å². The van der Waals surface area contributed by atoms with E-state index in [1.807, 2.05) is 65.2 Å². The smallest absolute Gasteiger partial charge is 0.262 e. The normalized spacial score (nSPS) is 22.3. The lowest BCUT2D eigenvalue weighted by molar-refractivity contribution is -0.145. The first-order valence-corrected chi connectivity index (χ1v) is 13.8. The molecule has 7 nitrogen and oxygen atoms in total. The van der Waals surface area contributed by atoms with E-state index in [0.717, 1.165) is 11.3 Å². The number of likely N-dealkylation sites (tertiary alicyclic amines) is 1. The molecule has 9 heteroatoms. The Labute approximate surface area is 230 Å². The van der Waals surface area contributed by atoms with Crippen molar-refractivity contribution in [2.24, 2.45) is 5.92 Å². The van der Waals surface area contributed by atoms with Crippen LogP contribution in [0.1, 0.15) is 43.6 Å². The summed E-state index contributed by atoms with van der Waals surface area (Å²) in [4.78, 5) is 33.0. The molecule has 1 saturated heterocycles. The number of carbonyl (C=O) groups is 1. The number of benzene rings is 2. The fourth-order valence-electron chi connectivity index (χ4n) is 6.30. The monoisotopic (exact) mass is 546 g/mol. The zero-order valence-corrected chi connectivity index (χ0v) is 22.1. The van der Waals surface area contributed by atoms with Gasteiger partial charge in [0.2, 0.25) is 11.8 Å². The van der Waals surface area contributed by atoms with Gasteiger partial charge >= 0.3 is 0 Å². The van der Waals surface area contributed by atoms with Crippen LogP contribution in [-0.4, -0.2) is 54.6 Å². The number of halogens is 2. The van der Waals surface area contributed by atoms with Crippen LogP contribution in [0.4, 0.5) is 8.78 Å². The molecule has 0 radical (unpaired) electrons. The van der Waals surface area contributed by atoms with Gasteiger partial charge < -0.3 is 14.6 Å². The first-order valence-electron chi connectivity index (χ1n) is 13.8. The molecule has 0 bridgehead atoms. The van der Waals surface area contributed by atoms with E-state index in [-0.39, 0.29) is 50.1 Å². The largest absolute Gasteiger partial charge is 0.388 e. The molecular formula is C31H32F2N4O3. The van der Waals surface area contributed by atoms with E-state index < -0.39 is 23.4 Å². The SMILES string of the molecule is O=C(C1CCC(F)(F)CC1c1ccccc1)N1CCC(O)(Cn2cnc3c(ccn3-c3ccccc3)c2=O)CC1. The number of piperidine rings is 1. The van der Waals surface area contributed by atoms with E-state index in [9.17, 15) is 23.5 Å². The second kappa shape index (κ2) is 10.3. The van der Waals surface area contributed by atoms with Gasteiger partial charge in [-0.2, -0.15) is 0 Å². The summed E-state index contributed by atoms with van der Waals surface area (Å²) in [6.45, 7) is 0.673. The Morgan fingerprint density at radius 3 is 2.35 bits per heavy atom. The standard InChI is InChI=1S/C31H32F2N4O3/c32-31(33)13-11-24(26(19-31)22-7-3-1-4-8-22)28(38)35-17-14-30(40,15-18-35)20-36-21-34-27-25(29(36)39)12-16-37(27)23-9-5-2-6-10-23/h1-10,12,16,21,24,26,40H,11,13-15,17-20H2. The number of nitrogens with zero attached hydrogens (tertiary/aromatic N) is 4. The molecule has 40 heavy (non-hydrogen) atoms. The summed E-state index contributed by atoms with van der Waals surface area (Å²) in [5, 5.41) is 11.8. The van der Waals surface area contributed by atoms with Gasteiger partial charge in [-0.3, -0.25) is 14.2 Å². The summed E-state index contributed by atoms with van der Waals surface area (Å²) in [7, 11) is 0. The van der Waals surface area contributed by atoms with Crippen molar-refractivity contribution in [3.8, 4) is 5.69 Å². The van der Waals surface area contributed by atoms with E-state index >= 15 is 0 Å². The molecule has 6 rings (SSSR count). The number of hydrogen-bond acceptors (Lipinski definition) is 4. The van der Waals surface area contributed by atoms with Crippen molar-refractivity contribution < 1.29 is 18.7 Å². The number of fused-ring (bicyclic) bond motifs is 1. The van der Waals surface area contributed by atoms with Crippen LogP contribution in [-0.2, 0) is 11.3 Å². The zero-order valence-electron chi connectivity index (χ0n) is 22.1. The van der Waals surface area contributed by atoms with E-state index in [2.05, 4.69) is 4.98 Å². The predicted octanol–water partition coefficient (Wildman–Crippen LogP) is 4.76. The molecule has 2 unspecified atom stereocenters. The highest BCUT2D eigenvalue weighted by atomic mass is 19.3. The van der Waals surface area contributed by atoms with Gasteiger partial charge in [0.15, 0.2) is 5.65 Å². The molecule has 1 aliphatic heterocycles. The molecule has 0 spiro atoms. The van der Waals surface area contributed by atoms with Crippen LogP contribution < -0.4 is 5.56 Å². The molecule has 2 aromatic heterocycles. The van der Waals surface area contributed by atoms with Crippen LogP contribution in [0.5, 0.6) is 0 Å². The van der Waals surface area contributed by atoms with E-state index in [4.69, 9.17) is 0 Å². The van der Waals surface area contributed by atoms with Gasteiger partial charge in [-0.1, -0.05) is 48.5 Å². The van der Waals surface area contributed by atoms with Gasteiger partial charge in [-0.05, 0) is 43.0 Å². The molecule has 1 saturated carbocycles. The Balaban J connectivity index is 1.15. The molecule has 1 amide bonds. The highest BCUT2D eigenvalue weighted by Crippen LogP contribution is 2.46. The third kappa shape index (κ3) is 5.06. The molecule has 3 heterocycles. The fraction of sp³-hybridized carbons (Fsp3) is 0.387. The number of carbonyl (C=O) groups excluding carboxylic acids is 1. The number of rotatable bonds is 5. The number of aliphatic hydroxyl groups is 1. The zero-order chi connectivity index (χ0) is 27.9. The van der Waals surface area contributed by atoms with Crippen LogP contribution >= 0.6 is 0 Å². The van der Waals surface area contributed by atoms with Crippen molar-refractivity contribution in [3.63, 3.8) is 0 Å². The van der Waals surface area contributed by atoms with Gasteiger partial charge in [0.05, 0.1) is 17.5 Å². The Hall–Kier alpha value is -3.85. The average molecular weight is 547 g/mol. The van der Waals surface area contributed by atoms with Gasteiger partial charge in [0.1, 0.15) is 6.33 Å². The van der Waals surface area contributed by atoms with Crippen molar-refractivity contribution in [3.05, 3.63) is 95.2 Å². The van der Waals surface area contributed by atoms with Gasteiger partial charge in [-0.25, -0.2) is 13.8 Å². The quantitative estimate of drug-likeness (QED) is 0.392.